The van der Waals surface area contributed by atoms with E-state index in [-0.39, 0.29) is 16.9 Å². The topological polar surface area (TPSA) is 81.7 Å². The van der Waals surface area contributed by atoms with Gasteiger partial charge in [0.15, 0.2) is 0 Å². The van der Waals surface area contributed by atoms with Gasteiger partial charge in [0.25, 0.3) is 0 Å². The Balaban J connectivity index is 3.10. The molecule has 1 rings (SSSR count). The highest BCUT2D eigenvalue weighted by atomic mass is 32.2. The van der Waals surface area contributed by atoms with Crippen molar-refractivity contribution in [3.8, 4) is 0 Å². The molecule has 0 fully saturated rings. The first-order valence-corrected chi connectivity index (χ1v) is 11.4. The Kier molecular flexibility index (Phi) is 8.07. The quantitative estimate of drug-likeness (QED) is 0.630. The molecule has 1 aromatic carbocycles. The van der Waals surface area contributed by atoms with Gasteiger partial charge in [-0.25, -0.2) is 8.42 Å². The van der Waals surface area contributed by atoms with Gasteiger partial charge in [-0.15, -0.1) is 0 Å². The Morgan fingerprint density at radius 2 is 1.48 bits per heavy atom. The van der Waals surface area contributed by atoms with E-state index in [0.29, 0.717) is 0 Å². The Hall–Kier alpha value is -1.44. The minimum Gasteiger partial charge on any atom is -0.459 e. The zero-order valence-corrected chi connectivity index (χ0v) is 20.1. The summed E-state index contributed by atoms with van der Waals surface area (Å²) in [5, 5.41) is 0. The van der Waals surface area contributed by atoms with Crippen molar-refractivity contribution in [1.29, 1.82) is 0 Å². The van der Waals surface area contributed by atoms with E-state index in [4.69, 9.17) is 9.47 Å². The van der Waals surface area contributed by atoms with Crippen LogP contribution in [-0.4, -0.2) is 38.2 Å². The lowest BCUT2D eigenvalue weighted by Crippen LogP contribution is -2.48. The summed E-state index contributed by atoms with van der Waals surface area (Å²) in [6.45, 7) is 16.9. The first kappa shape index (κ1) is 25.6. The monoisotopic (exact) mass is 427 g/mol. The smallest absolute Gasteiger partial charge is 0.327 e. The van der Waals surface area contributed by atoms with Gasteiger partial charge < -0.3 is 9.47 Å². The van der Waals surface area contributed by atoms with Gasteiger partial charge in [0.2, 0.25) is 10.0 Å². The van der Waals surface area contributed by atoms with Crippen molar-refractivity contribution in [1.82, 2.24) is 4.72 Å². The average molecular weight is 428 g/mol. The highest BCUT2D eigenvalue weighted by molar-refractivity contribution is 7.89. The van der Waals surface area contributed by atoms with Crippen LogP contribution in [0.4, 0.5) is 0 Å². The number of benzene rings is 1. The van der Waals surface area contributed by atoms with Gasteiger partial charge in [-0.1, -0.05) is 32.9 Å². The van der Waals surface area contributed by atoms with Crippen molar-refractivity contribution in [2.75, 3.05) is 6.61 Å². The Morgan fingerprint density at radius 3 is 1.90 bits per heavy atom. The summed E-state index contributed by atoms with van der Waals surface area (Å²) in [7, 11) is -3.93. The molecular formula is C22H37NO5S. The van der Waals surface area contributed by atoms with Crippen LogP contribution in [-0.2, 0) is 29.7 Å². The third-order valence-electron chi connectivity index (χ3n) is 4.50. The molecule has 0 heterocycles. The molecule has 0 aliphatic rings. The molecule has 6 nitrogen and oxygen atoms in total. The molecule has 0 bridgehead atoms. The second kappa shape index (κ2) is 9.14. The van der Waals surface area contributed by atoms with Crippen LogP contribution in [0.25, 0.3) is 0 Å². The van der Waals surface area contributed by atoms with E-state index < -0.39 is 33.2 Å². The molecule has 0 aliphatic heterocycles. The fourth-order valence-corrected chi connectivity index (χ4v) is 3.57. The standard InChI is InChI=1S/C22H37NO5S/c1-10-22(8,9)16-11-13-17(14-12-16)29(25,26)23-18(15-27-20(2,3)4)19(24)28-21(5,6)7/h11-14,18,23H,10,15H2,1-9H3. The van der Waals surface area contributed by atoms with Crippen molar-refractivity contribution in [3.05, 3.63) is 29.8 Å². The van der Waals surface area contributed by atoms with Gasteiger partial charge in [0.05, 0.1) is 17.1 Å². The first-order chi connectivity index (χ1) is 13.0. The second-order valence-electron chi connectivity index (χ2n) is 9.89. The van der Waals surface area contributed by atoms with Gasteiger partial charge in [0, 0.05) is 0 Å². The molecule has 1 aromatic rings. The number of carbonyl (C=O) groups excluding carboxylic acids is 1. The van der Waals surface area contributed by atoms with Crippen LogP contribution in [0.3, 0.4) is 0 Å². The lowest BCUT2D eigenvalue weighted by Gasteiger charge is -2.27. The lowest BCUT2D eigenvalue weighted by atomic mass is 9.82. The molecule has 0 amide bonds. The maximum atomic E-state index is 12.9. The minimum atomic E-state index is -3.93. The van der Waals surface area contributed by atoms with Crippen LogP contribution in [0.1, 0.15) is 74.3 Å². The van der Waals surface area contributed by atoms with Crippen LogP contribution >= 0.6 is 0 Å². The van der Waals surface area contributed by atoms with Crippen LogP contribution in [0.5, 0.6) is 0 Å². The van der Waals surface area contributed by atoms with Gasteiger partial charge in [-0.05, 0) is 71.1 Å². The lowest BCUT2D eigenvalue weighted by molar-refractivity contribution is -0.159. The van der Waals surface area contributed by atoms with Crippen LogP contribution < -0.4 is 4.72 Å². The summed E-state index contributed by atoms with van der Waals surface area (Å²) >= 11 is 0. The van der Waals surface area contributed by atoms with Crippen molar-refractivity contribution >= 4 is 16.0 Å². The van der Waals surface area contributed by atoms with Crippen LogP contribution in [0.15, 0.2) is 29.2 Å². The molecule has 0 saturated carbocycles. The maximum absolute atomic E-state index is 12.9. The summed E-state index contributed by atoms with van der Waals surface area (Å²) in [4.78, 5) is 12.7. The molecule has 1 N–H and O–H groups in total. The highest BCUT2D eigenvalue weighted by Crippen LogP contribution is 2.27. The molecule has 0 aromatic heterocycles. The third kappa shape index (κ3) is 8.44. The Morgan fingerprint density at radius 1 is 0.966 bits per heavy atom. The van der Waals surface area contributed by atoms with Gasteiger partial charge in [0.1, 0.15) is 11.6 Å². The molecule has 29 heavy (non-hydrogen) atoms. The maximum Gasteiger partial charge on any atom is 0.327 e. The SMILES string of the molecule is CCC(C)(C)c1ccc(S(=O)(=O)NC(COC(C)(C)C)C(=O)OC(C)(C)C)cc1. The summed E-state index contributed by atoms with van der Waals surface area (Å²) in [6, 6.07) is 5.60. The molecule has 0 spiro atoms. The van der Waals surface area contributed by atoms with E-state index >= 15 is 0 Å². The molecule has 1 atom stereocenters. The first-order valence-electron chi connectivity index (χ1n) is 9.96. The second-order valence-corrected chi connectivity index (χ2v) is 11.6. The summed E-state index contributed by atoms with van der Waals surface area (Å²) in [5.41, 5.74) is -0.261. The van der Waals surface area contributed by atoms with Gasteiger partial charge in [-0.2, -0.15) is 4.72 Å². The van der Waals surface area contributed by atoms with E-state index in [2.05, 4.69) is 25.5 Å². The fourth-order valence-electron chi connectivity index (χ4n) is 2.40. The van der Waals surface area contributed by atoms with E-state index in [1.165, 1.54) is 0 Å². The van der Waals surface area contributed by atoms with Crippen molar-refractivity contribution in [2.45, 2.75) is 96.3 Å². The van der Waals surface area contributed by atoms with Crippen molar-refractivity contribution in [2.24, 2.45) is 0 Å². The van der Waals surface area contributed by atoms with E-state index in [1.807, 2.05) is 32.9 Å². The Labute approximate surface area is 176 Å². The predicted octanol–water partition coefficient (Wildman–Crippen LogP) is 4.18. The zero-order chi connectivity index (χ0) is 22.7. The number of nitrogens with one attached hydrogen (secondary N) is 1. The number of ether oxygens (including phenoxy) is 2. The van der Waals surface area contributed by atoms with E-state index in [1.54, 1.807) is 32.9 Å². The third-order valence-corrected chi connectivity index (χ3v) is 5.99. The number of rotatable bonds is 8. The average Bonchev–Trinajstić information content (AvgIpc) is 2.56. The largest absolute Gasteiger partial charge is 0.459 e. The minimum absolute atomic E-state index is 0.0463. The summed E-state index contributed by atoms with van der Waals surface area (Å²) in [5.74, 6) is -0.672. The zero-order valence-electron chi connectivity index (χ0n) is 19.3. The van der Waals surface area contributed by atoms with Crippen LogP contribution in [0.2, 0.25) is 0 Å². The fraction of sp³-hybridized carbons (Fsp3) is 0.682. The summed E-state index contributed by atoms with van der Waals surface area (Å²) < 4.78 is 39.3. The van der Waals surface area contributed by atoms with Crippen LogP contribution in [0, 0.1) is 0 Å². The van der Waals surface area contributed by atoms with E-state index in [9.17, 15) is 13.2 Å². The van der Waals surface area contributed by atoms with Gasteiger partial charge >= 0.3 is 5.97 Å². The molecule has 0 aliphatic carbocycles. The Bertz CT molecular complexity index is 784. The van der Waals surface area contributed by atoms with E-state index in [0.717, 1.165) is 12.0 Å². The number of sulfonamides is 1. The molecular weight excluding hydrogens is 390 g/mol. The summed E-state index contributed by atoms with van der Waals surface area (Å²) in [6.07, 6.45) is 0.933. The number of hydrogen-bond acceptors (Lipinski definition) is 5. The molecule has 1 unspecified atom stereocenters. The molecule has 166 valence electrons. The number of esters is 1. The normalized spacial score (nSPS) is 14.5. The van der Waals surface area contributed by atoms with Crippen molar-refractivity contribution < 1.29 is 22.7 Å². The molecule has 0 radical (unpaired) electrons. The molecule has 0 saturated heterocycles. The van der Waals surface area contributed by atoms with Gasteiger partial charge in [-0.3, -0.25) is 4.79 Å². The number of carbonyl (C=O) groups is 1. The predicted molar refractivity (Wildman–Crippen MR) is 115 cm³/mol. The molecule has 7 heteroatoms. The number of hydrogen-bond donors (Lipinski definition) is 1. The highest BCUT2D eigenvalue weighted by Gasteiger charge is 2.31. The van der Waals surface area contributed by atoms with Crippen molar-refractivity contribution in [3.63, 3.8) is 0 Å².